The molecule has 1 aliphatic heterocycles. The summed E-state index contributed by atoms with van der Waals surface area (Å²) in [7, 11) is 0. The highest BCUT2D eigenvalue weighted by molar-refractivity contribution is 6.22. The van der Waals surface area contributed by atoms with Gasteiger partial charge in [0.2, 0.25) is 5.91 Å². The van der Waals surface area contributed by atoms with Gasteiger partial charge in [-0.25, -0.2) is 0 Å². The third-order valence-electron chi connectivity index (χ3n) is 4.03. The van der Waals surface area contributed by atoms with Gasteiger partial charge in [-0.3, -0.25) is 24.3 Å². The fourth-order valence-corrected chi connectivity index (χ4v) is 2.76. The van der Waals surface area contributed by atoms with Crippen LogP contribution in [0.4, 0.5) is 0 Å². The van der Waals surface area contributed by atoms with E-state index < -0.39 is 23.3 Å². The summed E-state index contributed by atoms with van der Waals surface area (Å²) in [6, 6.07) is 10.2. The van der Waals surface area contributed by atoms with Crippen LogP contribution in [-0.4, -0.2) is 34.2 Å². The molecule has 1 aromatic carbocycles. The van der Waals surface area contributed by atoms with E-state index in [1.807, 2.05) is 26.0 Å². The van der Waals surface area contributed by atoms with Crippen molar-refractivity contribution in [1.29, 1.82) is 0 Å². The molecule has 122 valence electrons. The molecule has 2 heterocycles. The highest BCUT2D eigenvalue weighted by atomic mass is 16.2. The molecule has 1 aromatic heterocycles. The van der Waals surface area contributed by atoms with Crippen molar-refractivity contribution < 1.29 is 14.4 Å². The van der Waals surface area contributed by atoms with E-state index in [2.05, 4.69) is 10.3 Å². The third kappa shape index (κ3) is 2.78. The molecule has 6 heteroatoms. The fraction of sp³-hybridized carbons (Fsp3) is 0.222. The highest BCUT2D eigenvalue weighted by Gasteiger charge is 2.37. The van der Waals surface area contributed by atoms with Crippen LogP contribution in [0.3, 0.4) is 0 Å². The number of fused-ring (bicyclic) bond motifs is 1. The van der Waals surface area contributed by atoms with E-state index in [-0.39, 0.29) is 6.54 Å². The molecule has 0 unspecified atom stereocenters. The van der Waals surface area contributed by atoms with Crippen molar-refractivity contribution in [3.8, 4) is 0 Å². The Hall–Kier alpha value is -3.02. The second-order valence-electron chi connectivity index (χ2n) is 6.15. The molecule has 0 saturated carbocycles. The number of aromatic nitrogens is 1. The van der Waals surface area contributed by atoms with E-state index in [4.69, 9.17) is 0 Å². The Kier molecular flexibility index (Phi) is 3.89. The van der Waals surface area contributed by atoms with Crippen molar-refractivity contribution >= 4 is 17.7 Å². The molecule has 2 aromatic rings. The maximum absolute atomic E-state index is 12.4. The van der Waals surface area contributed by atoms with Crippen molar-refractivity contribution in [3.63, 3.8) is 0 Å². The molecule has 0 atom stereocenters. The number of carbonyl (C=O) groups excluding carboxylic acids is 3. The lowest BCUT2D eigenvalue weighted by Gasteiger charge is -2.27. The summed E-state index contributed by atoms with van der Waals surface area (Å²) in [6.45, 7) is 3.39. The van der Waals surface area contributed by atoms with E-state index >= 15 is 0 Å². The van der Waals surface area contributed by atoms with Crippen LogP contribution in [0, 0.1) is 0 Å². The average molecular weight is 323 g/mol. The topological polar surface area (TPSA) is 79.4 Å². The second-order valence-corrected chi connectivity index (χ2v) is 6.15. The molecule has 0 spiro atoms. The number of carbonyl (C=O) groups is 3. The van der Waals surface area contributed by atoms with Crippen LogP contribution >= 0.6 is 0 Å². The Labute approximate surface area is 139 Å². The monoisotopic (exact) mass is 323 g/mol. The maximum atomic E-state index is 12.4. The number of nitrogens with zero attached hydrogens (tertiary/aromatic N) is 2. The number of benzene rings is 1. The number of amides is 3. The summed E-state index contributed by atoms with van der Waals surface area (Å²) in [5.41, 5.74) is 0.916. The highest BCUT2D eigenvalue weighted by Crippen LogP contribution is 2.23. The van der Waals surface area contributed by atoms with Gasteiger partial charge in [-0.2, -0.15) is 0 Å². The zero-order valence-electron chi connectivity index (χ0n) is 13.4. The summed E-state index contributed by atoms with van der Waals surface area (Å²) < 4.78 is 0. The zero-order valence-corrected chi connectivity index (χ0v) is 13.4. The number of nitrogens with one attached hydrogen (secondary N) is 1. The van der Waals surface area contributed by atoms with Gasteiger partial charge >= 0.3 is 0 Å². The number of rotatable bonds is 4. The molecule has 1 N–H and O–H groups in total. The van der Waals surface area contributed by atoms with Gasteiger partial charge in [-0.05, 0) is 43.7 Å². The Morgan fingerprint density at radius 2 is 1.58 bits per heavy atom. The quantitative estimate of drug-likeness (QED) is 0.869. The van der Waals surface area contributed by atoms with Gasteiger partial charge in [0.25, 0.3) is 11.8 Å². The summed E-state index contributed by atoms with van der Waals surface area (Å²) >= 11 is 0. The van der Waals surface area contributed by atoms with Gasteiger partial charge < -0.3 is 5.32 Å². The largest absolute Gasteiger partial charge is 0.346 e. The summed E-state index contributed by atoms with van der Waals surface area (Å²) in [6.07, 6.45) is 3.29. The predicted octanol–water partition coefficient (Wildman–Crippen LogP) is 1.73. The van der Waals surface area contributed by atoms with Crippen LogP contribution in [0.1, 0.15) is 40.1 Å². The molecule has 6 nitrogen and oxygen atoms in total. The van der Waals surface area contributed by atoms with Crippen LogP contribution in [-0.2, 0) is 10.3 Å². The molecule has 0 aliphatic carbocycles. The van der Waals surface area contributed by atoms with Crippen LogP contribution in [0.15, 0.2) is 48.8 Å². The first-order valence-corrected chi connectivity index (χ1v) is 7.57. The van der Waals surface area contributed by atoms with Crippen LogP contribution < -0.4 is 5.32 Å². The lowest BCUT2D eigenvalue weighted by atomic mass is 9.95. The number of imide groups is 1. The third-order valence-corrected chi connectivity index (χ3v) is 4.03. The van der Waals surface area contributed by atoms with Gasteiger partial charge in [0.1, 0.15) is 6.54 Å². The van der Waals surface area contributed by atoms with Gasteiger partial charge in [0, 0.05) is 12.4 Å². The lowest BCUT2D eigenvalue weighted by molar-refractivity contribution is -0.123. The van der Waals surface area contributed by atoms with Crippen LogP contribution in [0.25, 0.3) is 0 Å². The van der Waals surface area contributed by atoms with E-state index in [0.29, 0.717) is 11.1 Å². The minimum Gasteiger partial charge on any atom is -0.346 e. The SMILES string of the molecule is CC(C)(NC(=O)CN1C(=O)c2ccccc2C1=O)c1ccncc1. The summed E-state index contributed by atoms with van der Waals surface area (Å²) in [5, 5.41) is 2.85. The molecule has 24 heavy (non-hydrogen) atoms. The first-order chi connectivity index (χ1) is 11.4. The molecule has 0 bridgehead atoms. The van der Waals surface area contributed by atoms with Crippen LogP contribution in [0.5, 0.6) is 0 Å². The molecule has 0 radical (unpaired) electrons. The number of hydrogen-bond donors (Lipinski definition) is 1. The Morgan fingerprint density at radius 3 is 2.12 bits per heavy atom. The van der Waals surface area contributed by atoms with E-state index in [0.717, 1.165) is 10.5 Å². The maximum Gasteiger partial charge on any atom is 0.262 e. The molecular weight excluding hydrogens is 306 g/mol. The zero-order chi connectivity index (χ0) is 17.3. The Morgan fingerprint density at radius 1 is 1.04 bits per heavy atom. The van der Waals surface area contributed by atoms with E-state index in [9.17, 15) is 14.4 Å². The lowest BCUT2D eigenvalue weighted by Crippen LogP contribution is -2.47. The smallest absolute Gasteiger partial charge is 0.262 e. The molecule has 3 amide bonds. The van der Waals surface area contributed by atoms with Gasteiger partial charge in [-0.15, -0.1) is 0 Å². The minimum atomic E-state index is -0.640. The minimum absolute atomic E-state index is 0.305. The van der Waals surface area contributed by atoms with Gasteiger partial charge in [0.05, 0.1) is 16.7 Å². The van der Waals surface area contributed by atoms with Crippen LogP contribution in [0.2, 0.25) is 0 Å². The Bertz CT molecular complexity index is 780. The van der Waals surface area contributed by atoms with Crippen molar-refractivity contribution in [1.82, 2.24) is 15.2 Å². The van der Waals surface area contributed by atoms with E-state index in [1.54, 1.807) is 36.7 Å². The van der Waals surface area contributed by atoms with Crippen molar-refractivity contribution in [2.24, 2.45) is 0 Å². The van der Waals surface area contributed by atoms with Crippen molar-refractivity contribution in [2.75, 3.05) is 6.54 Å². The number of pyridine rings is 1. The summed E-state index contributed by atoms with van der Waals surface area (Å²) in [4.78, 5) is 41.9. The molecular formula is C18H17N3O3. The Balaban J connectivity index is 1.72. The fourth-order valence-electron chi connectivity index (χ4n) is 2.76. The molecule has 0 saturated heterocycles. The second kappa shape index (κ2) is 5.88. The average Bonchev–Trinajstić information content (AvgIpc) is 2.81. The number of hydrogen-bond acceptors (Lipinski definition) is 4. The standard InChI is InChI=1S/C18H17N3O3/c1-18(2,12-7-9-19-10-8-12)20-15(22)11-21-16(23)13-5-3-4-6-14(13)17(21)24/h3-10H,11H2,1-2H3,(H,20,22). The summed E-state index contributed by atoms with van der Waals surface area (Å²) in [5.74, 6) is -1.27. The first kappa shape index (κ1) is 15.9. The first-order valence-electron chi connectivity index (χ1n) is 7.57. The van der Waals surface area contributed by atoms with Gasteiger partial charge in [0.15, 0.2) is 0 Å². The van der Waals surface area contributed by atoms with Gasteiger partial charge in [-0.1, -0.05) is 12.1 Å². The van der Waals surface area contributed by atoms with E-state index in [1.165, 1.54) is 0 Å². The molecule has 1 aliphatic rings. The molecule has 3 rings (SSSR count). The van der Waals surface area contributed by atoms with Crippen molar-refractivity contribution in [2.45, 2.75) is 19.4 Å². The normalized spacial score (nSPS) is 13.8. The molecule has 0 fully saturated rings. The van der Waals surface area contributed by atoms with Crippen molar-refractivity contribution in [3.05, 3.63) is 65.5 Å². The predicted molar refractivity (Wildman–Crippen MR) is 87.2 cm³/mol.